The first-order valence-electron chi connectivity index (χ1n) is 4.39. The summed E-state index contributed by atoms with van der Waals surface area (Å²) in [6.07, 6.45) is 3.08. The van der Waals surface area contributed by atoms with Crippen molar-refractivity contribution in [3.8, 4) is 0 Å². The van der Waals surface area contributed by atoms with Crippen LogP contribution in [-0.4, -0.2) is 22.8 Å². The predicted molar refractivity (Wildman–Crippen MR) is 45.1 cm³/mol. The van der Waals surface area contributed by atoms with Gasteiger partial charge in [-0.1, -0.05) is 0 Å². The Morgan fingerprint density at radius 1 is 1.67 bits per heavy atom. The summed E-state index contributed by atoms with van der Waals surface area (Å²) in [5.41, 5.74) is -0.0385. The van der Waals surface area contributed by atoms with Crippen LogP contribution < -0.4 is 0 Å². The standard InChI is InChI=1S/C9H16O3/c1-9(2)6-5-7(12-9)3-4-8(10)11/h7H,3-6H2,1-2H3,(H,10,11). The maximum atomic E-state index is 10.3. The van der Waals surface area contributed by atoms with Crippen LogP contribution in [0.15, 0.2) is 0 Å². The summed E-state index contributed by atoms with van der Waals surface area (Å²) in [6.45, 7) is 4.10. The fourth-order valence-corrected chi connectivity index (χ4v) is 1.57. The van der Waals surface area contributed by atoms with Gasteiger partial charge >= 0.3 is 5.97 Å². The molecular weight excluding hydrogens is 156 g/mol. The Hall–Kier alpha value is -0.570. The Kier molecular flexibility index (Phi) is 2.73. The third-order valence-electron chi connectivity index (χ3n) is 2.23. The zero-order valence-electron chi connectivity index (χ0n) is 7.67. The summed E-state index contributed by atoms with van der Waals surface area (Å²) >= 11 is 0. The number of aliphatic carboxylic acids is 1. The molecule has 1 heterocycles. The van der Waals surface area contributed by atoms with Gasteiger partial charge in [-0.3, -0.25) is 4.79 Å². The van der Waals surface area contributed by atoms with Crippen LogP contribution in [0.2, 0.25) is 0 Å². The van der Waals surface area contributed by atoms with Crippen LogP contribution in [0.3, 0.4) is 0 Å². The van der Waals surface area contributed by atoms with Crippen molar-refractivity contribution < 1.29 is 14.6 Å². The SMILES string of the molecule is CC1(C)CCC(CCC(=O)O)O1. The largest absolute Gasteiger partial charge is 0.481 e. The van der Waals surface area contributed by atoms with Crippen LogP contribution in [-0.2, 0) is 9.53 Å². The molecule has 0 amide bonds. The van der Waals surface area contributed by atoms with Gasteiger partial charge in [0.2, 0.25) is 0 Å². The molecule has 1 N–H and O–H groups in total. The highest BCUT2D eigenvalue weighted by molar-refractivity contribution is 5.66. The molecule has 0 radical (unpaired) electrons. The summed E-state index contributed by atoms with van der Waals surface area (Å²) in [5.74, 6) is -0.733. The maximum absolute atomic E-state index is 10.3. The third-order valence-corrected chi connectivity index (χ3v) is 2.23. The molecule has 1 rings (SSSR count). The molecule has 1 atom stereocenters. The van der Waals surface area contributed by atoms with Gasteiger partial charge in [-0.05, 0) is 33.1 Å². The van der Waals surface area contributed by atoms with E-state index in [0.29, 0.717) is 6.42 Å². The highest BCUT2D eigenvalue weighted by Gasteiger charge is 2.31. The molecule has 0 aromatic rings. The van der Waals surface area contributed by atoms with Crippen molar-refractivity contribution in [2.45, 2.75) is 51.2 Å². The van der Waals surface area contributed by atoms with Crippen LogP contribution in [0.1, 0.15) is 39.5 Å². The van der Waals surface area contributed by atoms with E-state index in [1.165, 1.54) is 0 Å². The van der Waals surface area contributed by atoms with Gasteiger partial charge < -0.3 is 9.84 Å². The summed E-state index contributed by atoms with van der Waals surface area (Å²) in [6, 6.07) is 0. The van der Waals surface area contributed by atoms with Crippen molar-refractivity contribution in [2.75, 3.05) is 0 Å². The summed E-state index contributed by atoms with van der Waals surface area (Å²) in [5, 5.41) is 8.45. The normalized spacial score (nSPS) is 27.3. The van der Waals surface area contributed by atoms with Crippen molar-refractivity contribution >= 4 is 5.97 Å². The van der Waals surface area contributed by atoms with Gasteiger partial charge in [-0.25, -0.2) is 0 Å². The van der Waals surface area contributed by atoms with E-state index in [9.17, 15) is 4.79 Å². The lowest BCUT2D eigenvalue weighted by molar-refractivity contribution is -0.138. The molecule has 1 aliphatic heterocycles. The average Bonchev–Trinajstić information content (AvgIpc) is 2.26. The molecule has 0 saturated carbocycles. The van der Waals surface area contributed by atoms with E-state index >= 15 is 0 Å². The molecule has 70 valence electrons. The second-order valence-corrected chi connectivity index (χ2v) is 3.97. The fraction of sp³-hybridized carbons (Fsp3) is 0.889. The summed E-state index contributed by atoms with van der Waals surface area (Å²) < 4.78 is 5.64. The quantitative estimate of drug-likeness (QED) is 0.706. The van der Waals surface area contributed by atoms with Gasteiger partial charge in [0.1, 0.15) is 0 Å². The van der Waals surface area contributed by atoms with Crippen molar-refractivity contribution in [1.29, 1.82) is 0 Å². The lowest BCUT2D eigenvalue weighted by Gasteiger charge is -2.18. The lowest BCUT2D eigenvalue weighted by atomic mass is 10.0. The van der Waals surface area contributed by atoms with E-state index in [2.05, 4.69) is 0 Å². The number of carboxylic acids is 1. The van der Waals surface area contributed by atoms with Crippen molar-refractivity contribution in [3.05, 3.63) is 0 Å². The number of hydrogen-bond acceptors (Lipinski definition) is 2. The van der Waals surface area contributed by atoms with Gasteiger partial charge in [0.25, 0.3) is 0 Å². The molecule has 3 heteroatoms. The van der Waals surface area contributed by atoms with Gasteiger partial charge in [0.05, 0.1) is 11.7 Å². The van der Waals surface area contributed by atoms with Gasteiger partial charge in [0.15, 0.2) is 0 Å². The van der Waals surface area contributed by atoms with Crippen molar-refractivity contribution in [1.82, 2.24) is 0 Å². The van der Waals surface area contributed by atoms with Crippen LogP contribution >= 0.6 is 0 Å². The minimum atomic E-state index is -0.733. The second kappa shape index (κ2) is 3.44. The van der Waals surface area contributed by atoms with E-state index in [1.54, 1.807) is 0 Å². The van der Waals surface area contributed by atoms with E-state index in [1.807, 2.05) is 13.8 Å². The average molecular weight is 172 g/mol. The predicted octanol–water partition coefficient (Wildman–Crippen LogP) is 1.81. The first-order chi connectivity index (χ1) is 5.49. The minimum absolute atomic E-state index is 0.0385. The van der Waals surface area contributed by atoms with Gasteiger partial charge in [-0.2, -0.15) is 0 Å². The van der Waals surface area contributed by atoms with E-state index in [0.717, 1.165) is 12.8 Å². The Morgan fingerprint density at radius 3 is 2.75 bits per heavy atom. The molecule has 1 aliphatic rings. The molecule has 0 aromatic carbocycles. The monoisotopic (exact) mass is 172 g/mol. The van der Waals surface area contributed by atoms with Gasteiger partial charge in [-0.15, -0.1) is 0 Å². The van der Waals surface area contributed by atoms with Crippen LogP contribution in [0.5, 0.6) is 0 Å². The molecule has 1 saturated heterocycles. The first kappa shape index (κ1) is 9.52. The second-order valence-electron chi connectivity index (χ2n) is 3.97. The molecule has 0 spiro atoms. The Morgan fingerprint density at radius 2 is 2.33 bits per heavy atom. The number of carboxylic acid groups (broad SMARTS) is 1. The number of hydrogen-bond donors (Lipinski definition) is 1. The number of carbonyl (C=O) groups is 1. The van der Waals surface area contributed by atoms with Crippen LogP contribution in [0.25, 0.3) is 0 Å². The van der Waals surface area contributed by atoms with Gasteiger partial charge in [0, 0.05) is 6.42 Å². The Labute approximate surface area is 72.7 Å². The maximum Gasteiger partial charge on any atom is 0.303 e. The molecule has 0 aromatic heterocycles. The highest BCUT2D eigenvalue weighted by Crippen LogP contribution is 2.31. The Bertz CT molecular complexity index is 175. The smallest absolute Gasteiger partial charge is 0.303 e. The molecule has 1 unspecified atom stereocenters. The van der Waals surface area contributed by atoms with Crippen LogP contribution in [0, 0.1) is 0 Å². The molecule has 0 aliphatic carbocycles. The van der Waals surface area contributed by atoms with Crippen molar-refractivity contribution in [3.63, 3.8) is 0 Å². The van der Waals surface area contributed by atoms with Crippen LogP contribution in [0.4, 0.5) is 0 Å². The topological polar surface area (TPSA) is 46.5 Å². The zero-order valence-corrected chi connectivity index (χ0v) is 7.67. The van der Waals surface area contributed by atoms with E-state index < -0.39 is 5.97 Å². The molecule has 12 heavy (non-hydrogen) atoms. The third kappa shape index (κ3) is 2.81. The zero-order chi connectivity index (χ0) is 9.19. The fourth-order valence-electron chi connectivity index (χ4n) is 1.57. The summed E-state index contributed by atoms with van der Waals surface area (Å²) in [7, 11) is 0. The van der Waals surface area contributed by atoms with E-state index in [-0.39, 0.29) is 18.1 Å². The molecule has 1 fully saturated rings. The number of rotatable bonds is 3. The first-order valence-corrected chi connectivity index (χ1v) is 4.39. The van der Waals surface area contributed by atoms with E-state index in [4.69, 9.17) is 9.84 Å². The minimum Gasteiger partial charge on any atom is -0.481 e. The number of ether oxygens (including phenoxy) is 1. The Balaban J connectivity index is 2.24. The lowest BCUT2D eigenvalue weighted by Crippen LogP contribution is -2.20. The highest BCUT2D eigenvalue weighted by atomic mass is 16.5. The summed E-state index contributed by atoms with van der Waals surface area (Å²) in [4.78, 5) is 10.3. The molecular formula is C9H16O3. The van der Waals surface area contributed by atoms with Crippen molar-refractivity contribution in [2.24, 2.45) is 0 Å². The molecule has 0 bridgehead atoms. The molecule has 3 nitrogen and oxygen atoms in total.